The number of furan rings is 1. The maximum absolute atomic E-state index is 13.4. The van der Waals surface area contributed by atoms with Crippen LogP contribution in [0.25, 0.3) is 22.4 Å². The summed E-state index contributed by atoms with van der Waals surface area (Å²) in [6, 6.07) is 8.18. The second kappa shape index (κ2) is 9.76. The number of halogens is 3. The smallest absolute Gasteiger partial charge is 0.418 e. The molecule has 1 fully saturated rings. The molecule has 37 heavy (non-hydrogen) atoms. The van der Waals surface area contributed by atoms with Gasteiger partial charge >= 0.3 is 6.18 Å². The quantitative estimate of drug-likeness (QED) is 0.377. The van der Waals surface area contributed by atoms with Crippen molar-refractivity contribution in [3.63, 3.8) is 0 Å². The predicted molar refractivity (Wildman–Crippen MR) is 127 cm³/mol. The van der Waals surface area contributed by atoms with E-state index in [1.54, 1.807) is 12.1 Å². The summed E-state index contributed by atoms with van der Waals surface area (Å²) in [7, 11) is -3.82. The van der Waals surface area contributed by atoms with Crippen molar-refractivity contribution in [1.29, 1.82) is 0 Å². The Morgan fingerprint density at radius 1 is 1.05 bits per heavy atom. The van der Waals surface area contributed by atoms with Gasteiger partial charge in [-0.25, -0.2) is 18.4 Å². The fourth-order valence-electron chi connectivity index (χ4n) is 4.31. The average Bonchev–Trinajstić information content (AvgIpc) is 3.56. The highest BCUT2D eigenvalue weighted by Gasteiger charge is 2.34. The van der Waals surface area contributed by atoms with Gasteiger partial charge in [0.1, 0.15) is 12.1 Å². The Bertz CT molecular complexity index is 1480. The van der Waals surface area contributed by atoms with Crippen LogP contribution in [-0.2, 0) is 16.2 Å². The van der Waals surface area contributed by atoms with Gasteiger partial charge < -0.3 is 14.3 Å². The molecule has 4 aromatic rings. The zero-order valence-corrected chi connectivity index (χ0v) is 20.5. The highest BCUT2D eigenvalue weighted by Crippen LogP contribution is 2.35. The van der Waals surface area contributed by atoms with Gasteiger partial charge in [0.25, 0.3) is 10.0 Å². The molecule has 5 rings (SSSR count). The Labute approximate surface area is 210 Å². The van der Waals surface area contributed by atoms with Gasteiger partial charge in [-0.3, -0.25) is 4.90 Å². The number of rotatable bonds is 7. The minimum Gasteiger partial charge on any atom is -0.440 e. The normalized spacial score (nSPS) is 16.8. The van der Waals surface area contributed by atoms with Crippen LogP contribution in [0.4, 0.5) is 19.0 Å². The number of piperazine rings is 1. The third kappa shape index (κ3) is 5.17. The van der Waals surface area contributed by atoms with E-state index in [0.29, 0.717) is 31.2 Å². The molecule has 0 amide bonds. The lowest BCUT2D eigenvalue weighted by atomic mass is 10.1. The van der Waals surface area contributed by atoms with Crippen LogP contribution in [-0.4, -0.2) is 71.5 Å². The molecular weight excluding hydrogens is 513 g/mol. The number of sulfonamides is 1. The molecule has 0 radical (unpaired) electrons. The summed E-state index contributed by atoms with van der Waals surface area (Å²) in [4.78, 5) is 10.1. The van der Waals surface area contributed by atoms with Crippen molar-refractivity contribution in [2.24, 2.45) is 0 Å². The summed E-state index contributed by atoms with van der Waals surface area (Å²) in [5.74, 6) is 0.915. The van der Waals surface area contributed by atoms with Crippen LogP contribution in [0.15, 0.2) is 63.0 Å². The molecule has 1 aliphatic heterocycles. The Balaban J connectivity index is 1.21. The standard InChI is InChI=1S/C23H23F3N6O4S/c1-15(30-22-16-3-2-4-17(23(24,25)26)21(16)27-14-28-22)13-31-9-11-32(12-10-31)37(33,34)20-6-5-18(35-20)19-7-8-29-36-19/h2-8,14-15H,9-13H2,1H3,(H,27,28,30)/t15-/m0/s1. The van der Waals surface area contributed by atoms with E-state index in [-0.39, 0.29) is 40.9 Å². The summed E-state index contributed by atoms with van der Waals surface area (Å²) < 4.78 is 78.0. The third-order valence-electron chi connectivity index (χ3n) is 6.07. The number of alkyl halides is 3. The van der Waals surface area contributed by atoms with Crippen LogP contribution in [0.5, 0.6) is 0 Å². The molecule has 14 heteroatoms. The number of fused-ring (bicyclic) bond motifs is 1. The molecule has 1 aromatic carbocycles. The van der Waals surface area contributed by atoms with Gasteiger partial charge in [0.05, 0.1) is 17.3 Å². The first-order valence-electron chi connectivity index (χ1n) is 11.4. The molecule has 1 aliphatic rings. The van der Waals surface area contributed by atoms with Gasteiger partial charge in [0, 0.05) is 50.2 Å². The molecule has 0 saturated carbocycles. The number of nitrogens with zero attached hydrogens (tertiary/aromatic N) is 5. The Hall–Kier alpha value is -3.49. The summed E-state index contributed by atoms with van der Waals surface area (Å²) in [6.07, 6.45) is -1.98. The van der Waals surface area contributed by atoms with Gasteiger partial charge in [0.2, 0.25) is 10.9 Å². The second-order valence-electron chi connectivity index (χ2n) is 8.67. The van der Waals surface area contributed by atoms with Crippen LogP contribution in [0, 0.1) is 0 Å². The van der Waals surface area contributed by atoms with Crippen LogP contribution >= 0.6 is 0 Å². The average molecular weight is 537 g/mol. The molecule has 1 saturated heterocycles. The van der Waals surface area contributed by atoms with Crippen molar-refractivity contribution in [3.05, 3.63) is 54.5 Å². The lowest BCUT2D eigenvalue weighted by molar-refractivity contribution is -0.136. The molecular formula is C23H23F3N6O4S. The van der Waals surface area contributed by atoms with Crippen molar-refractivity contribution < 1.29 is 30.5 Å². The van der Waals surface area contributed by atoms with Crippen LogP contribution in [0.1, 0.15) is 12.5 Å². The van der Waals surface area contributed by atoms with Crippen molar-refractivity contribution in [3.8, 4) is 11.5 Å². The first-order valence-corrected chi connectivity index (χ1v) is 12.9. The number of anilines is 1. The molecule has 1 atom stereocenters. The maximum Gasteiger partial charge on any atom is 0.418 e. The van der Waals surface area contributed by atoms with Gasteiger partial charge in [-0.1, -0.05) is 11.2 Å². The topological polar surface area (TPSA) is 118 Å². The first-order chi connectivity index (χ1) is 17.6. The van der Waals surface area contributed by atoms with Crippen molar-refractivity contribution in [1.82, 2.24) is 24.3 Å². The van der Waals surface area contributed by atoms with E-state index in [4.69, 9.17) is 8.94 Å². The highest BCUT2D eigenvalue weighted by molar-refractivity contribution is 7.89. The number of para-hydroxylation sites is 1. The molecule has 1 N–H and O–H groups in total. The first kappa shape index (κ1) is 25.2. The van der Waals surface area contributed by atoms with E-state index >= 15 is 0 Å². The molecule has 0 bridgehead atoms. The monoisotopic (exact) mass is 536 g/mol. The minimum atomic E-state index is -4.52. The summed E-state index contributed by atoms with van der Waals surface area (Å²) in [5, 5.41) is 6.87. The zero-order valence-electron chi connectivity index (χ0n) is 19.6. The Morgan fingerprint density at radius 3 is 2.54 bits per heavy atom. The molecule has 0 spiro atoms. The molecule has 3 aromatic heterocycles. The summed E-state index contributed by atoms with van der Waals surface area (Å²) in [6.45, 7) is 3.90. The van der Waals surface area contributed by atoms with Crippen LogP contribution < -0.4 is 5.32 Å². The van der Waals surface area contributed by atoms with Crippen LogP contribution in [0.2, 0.25) is 0 Å². The number of benzene rings is 1. The minimum absolute atomic E-state index is 0.164. The zero-order chi connectivity index (χ0) is 26.2. The van der Waals surface area contributed by atoms with Crippen molar-refractivity contribution in [2.75, 3.05) is 38.0 Å². The van der Waals surface area contributed by atoms with Gasteiger partial charge in [-0.2, -0.15) is 17.5 Å². The second-order valence-corrected chi connectivity index (χ2v) is 10.5. The number of aromatic nitrogens is 3. The number of hydrogen-bond donors (Lipinski definition) is 1. The van der Waals surface area contributed by atoms with Crippen molar-refractivity contribution >= 4 is 26.7 Å². The van der Waals surface area contributed by atoms with E-state index < -0.39 is 21.8 Å². The third-order valence-corrected chi connectivity index (χ3v) is 7.85. The van der Waals surface area contributed by atoms with Gasteiger partial charge in [0.15, 0.2) is 5.76 Å². The number of nitrogens with one attached hydrogen (secondary N) is 1. The van der Waals surface area contributed by atoms with Crippen LogP contribution in [0.3, 0.4) is 0 Å². The largest absolute Gasteiger partial charge is 0.440 e. The lowest BCUT2D eigenvalue weighted by Crippen LogP contribution is -2.50. The molecule has 0 unspecified atom stereocenters. The lowest BCUT2D eigenvalue weighted by Gasteiger charge is -2.35. The van der Waals surface area contributed by atoms with E-state index in [0.717, 1.165) is 12.4 Å². The molecule has 10 nitrogen and oxygen atoms in total. The Kier molecular flexibility index (Phi) is 6.64. The van der Waals surface area contributed by atoms with E-state index in [2.05, 4.69) is 25.3 Å². The predicted octanol–water partition coefficient (Wildman–Crippen LogP) is 3.70. The fraction of sp³-hybridized carbons (Fsp3) is 0.348. The fourth-order valence-corrected chi connectivity index (χ4v) is 5.65. The summed E-state index contributed by atoms with van der Waals surface area (Å²) in [5.41, 5.74) is -0.979. The molecule has 0 aliphatic carbocycles. The SMILES string of the molecule is C[C@@H](CN1CCN(S(=O)(=O)c2ccc(-c3ccno3)o2)CC1)Nc1ncnc2c(C(F)(F)F)cccc12. The molecule has 4 heterocycles. The van der Waals surface area contributed by atoms with E-state index in [1.807, 2.05) is 6.92 Å². The summed E-state index contributed by atoms with van der Waals surface area (Å²) >= 11 is 0. The van der Waals surface area contributed by atoms with Gasteiger partial charge in [-0.05, 0) is 31.2 Å². The number of hydrogen-bond acceptors (Lipinski definition) is 9. The van der Waals surface area contributed by atoms with Gasteiger partial charge in [-0.15, -0.1) is 0 Å². The Morgan fingerprint density at radius 2 is 1.84 bits per heavy atom. The highest BCUT2D eigenvalue weighted by atomic mass is 32.2. The van der Waals surface area contributed by atoms with E-state index in [1.165, 1.54) is 28.7 Å². The van der Waals surface area contributed by atoms with E-state index in [9.17, 15) is 21.6 Å². The van der Waals surface area contributed by atoms with Crippen molar-refractivity contribution in [2.45, 2.75) is 24.2 Å². The maximum atomic E-state index is 13.4. The molecule has 196 valence electrons.